The number of aromatic nitrogens is 4. The first-order valence-corrected chi connectivity index (χ1v) is 9.55. The van der Waals surface area contributed by atoms with E-state index in [-0.39, 0.29) is 5.54 Å². The van der Waals surface area contributed by atoms with Gasteiger partial charge < -0.3 is 9.88 Å². The molecule has 0 saturated carbocycles. The van der Waals surface area contributed by atoms with E-state index in [1.54, 1.807) is 0 Å². The van der Waals surface area contributed by atoms with Crippen molar-refractivity contribution in [1.82, 2.24) is 24.8 Å². The van der Waals surface area contributed by atoms with Crippen molar-refractivity contribution in [1.29, 1.82) is 0 Å². The van der Waals surface area contributed by atoms with E-state index in [4.69, 9.17) is 9.97 Å². The summed E-state index contributed by atoms with van der Waals surface area (Å²) in [7, 11) is 0. The Morgan fingerprint density at radius 1 is 1.08 bits per heavy atom. The van der Waals surface area contributed by atoms with Gasteiger partial charge in [0.05, 0.1) is 34.8 Å². The van der Waals surface area contributed by atoms with Gasteiger partial charge >= 0.3 is 0 Å². The Bertz CT molecular complexity index is 925. The summed E-state index contributed by atoms with van der Waals surface area (Å²) in [5.74, 6) is 0.986. The number of nitrogens with zero attached hydrogens (tertiary/aromatic N) is 5. The van der Waals surface area contributed by atoms with Gasteiger partial charge in [-0.2, -0.15) is 0 Å². The highest BCUT2D eigenvalue weighted by molar-refractivity contribution is 5.75. The van der Waals surface area contributed by atoms with Crippen molar-refractivity contribution >= 4 is 16.9 Å². The molecule has 0 amide bonds. The number of benzene rings is 1. The minimum absolute atomic E-state index is 0.0725. The Labute approximate surface area is 153 Å². The molecule has 0 radical (unpaired) electrons. The van der Waals surface area contributed by atoms with Crippen LogP contribution in [0.3, 0.4) is 0 Å². The molecule has 0 bridgehead atoms. The van der Waals surface area contributed by atoms with Crippen LogP contribution in [0.2, 0.25) is 0 Å². The second kappa shape index (κ2) is 6.06. The van der Waals surface area contributed by atoms with Gasteiger partial charge in [-0.25, -0.2) is 9.97 Å². The number of hydrogen-bond donors (Lipinski definition) is 1. The number of piperidine rings is 1. The van der Waals surface area contributed by atoms with E-state index in [1.165, 1.54) is 11.4 Å². The van der Waals surface area contributed by atoms with Crippen molar-refractivity contribution in [2.45, 2.75) is 31.7 Å². The number of anilines is 1. The fourth-order valence-electron chi connectivity index (χ4n) is 4.74. The summed E-state index contributed by atoms with van der Waals surface area (Å²) in [6.07, 6.45) is 7.01. The maximum atomic E-state index is 4.83. The van der Waals surface area contributed by atoms with Crippen LogP contribution in [-0.2, 0) is 12.0 Å². The average Bonchev–Trinajstić information content (AvgIpc) is 3.19. The first-order valence-electron chi connectivity index (χ1n) is 9.55. The summed E-state index contributed by atoms with van der Waals surface area (Å²) in [6.45, 7) is 6.41. The minimum atomic E-state index is 0.0725. The van der Waals surface area contributed by atoms with Crippen molar-refractivity contribution in [3.05, 3.63) is 48.2 Å². The topological polar surface area (TPSA) is 60.9 Å². The molecule has 1 fully saturated rings. The fourth-order valence-corrected chi connectivity index (χ4v) is 4.74. The van der Waals surface area contributed by atoms with Crippen LogP contribution in [0.15, 0.2) is 36.8 Å². The Kier molecular flexibility index (Phi) is 3.67. The quantitative estimate of drug-likeness (QED) is 0.772. The second-order valence-corrected chi connectivity index (χ2v) is 7.29. The van der Waals surface area contributed by atoms with E-state index < -0.39 is 0 Å². The van der Waals surface area contributed by atoms with Gasteiger partial charge in [-0.1, -0.05) is 19.1 Å². The van der Waals surface area contributed by atoms with Crippen molar-refractivity contribution in [3.8, 4) is 0 Å². The lowest BCUT2D eigenvalue weighted by Gasteiger charge is -2.50. The lowest BCUT2D eigenvalue weighted by atomic mass is 9.79. The molecule has 1 saturated heterocycles. The van der Waals surface area contributed by atoms with Gasteiger partial charge in [-0.15, -0.1) is 0 Å². The molecule has 2 aliphatic rings. The molecule has 1 spiro atoms. The fraction of sp³-hybridized carbons (Fsp3) is 0.450. The molecule has 6 nitrogen and oxygen atoms in total. The van der Waals surface area contributed by atoms with Crippen LogP contribution in [0.5, 0.6) is 0 Å². The Hall–Kier alpha value is -2.47. The maximum absolute atomic E-state index is 4.83. The summed E-state index contributed by atoms with van der Waals surface area (Å²) in [5, 5.41) is 0. The molecule has 3 aromatic rings. The third-order valence-corrected chi connectivity index (χ3v) is 6.13. The minimum Gasteiger partial charge on any atom is -0.355 e. The third kappa shape index (κ3) is 2.32. The molecule has 4 heterocycles. The molecule has 2 aromatic heterocycles. The van der Waals surface area contributed by atoms with Crippen LogP contribution in [0.4, 0.5) is 5.82 Å². The van der Waals surface area contributed by atoms with Crippen molar-refractivity contribution < 1.29 is 0 Å². The van der Waals surface area contributed by atoms with Gasteiger partial charge in [-0.3, -0.25) is 9.88 Å². The van der Waals surface area contributed by atoms with Crippen LogP contribution in [-0.4, -0.2) is 51.0 Å². The predicted molar refractivity (Wildman–Crippen MR) is 102 cm³/mol. The number of rotatable bonds is 2. The van der Waals surface area contributed by atoms with E-state index in [2.05, 4.69) is 26.7 Å². The number of imidazole rings is 1. The molecule has 6 heteroatoms. The maximum Gasteiger partial charge on any atom is 0.147 e. The number of para-hydroxylation sites is 2. The zero-order valence-electron chi connectivity index (χ0n) is 15.1. The SMILES string of the molecule is CCN1CCc2[nH]cnc2C12CCN(c1cnc3ccccc3n1)CC2. The van der Waals surface area contributed by atoms with Crippen molar-refractivity contribution in [2.24, 2.45) is 0 Å². The van der Waals surface area contributed by atoms with Gasteiger partial charge in [-0.05, 0) is 31.5 Å². The zero-order chi connectivity index (χ0) is 17.6. The normalized spacial score (nSPS) is 19.8. The molecule has 5 rings (SSSR count). The van der Waals surface area contributed by atoms with Gasteiger partial charge in [0.2, 0.25) is 0 Å². The molecule has 2 aliphatic heterocycles. The van der Waals surface area contributed by atoms with Gasteiger partial charge in [0.1, 0.15) is 5.82 Å². The molecule has 1 aromatic carbocycles. The Morgan fingerprint density at radius 3 is 2.69 bits per heavy atom. The van der Waals surface area contributed by atoms with Crippen LogP contribution in [0.1, 0.15) is 31.2 Å². The van der Waals surface area contributed by atoms with Crippen LogP contribution < -0.4 is 4.90 Å². The summed E-state index contributed by atoms with van der Waals surface area (Å²) in [4.78, 5) is 22.5. The molecule has 1 N–H and O–H groups in total. The molecule has 0 atom stereocenters. The Balaban J connectivity index is 1.43. The first-order chi connectivity index (χ1) is 12.8. The van der Waals surface area contributed by atoms with Crippen LogP contribution >= 0.6 is 0 Å². The third-order valence-electron chi connectivity index (χ3n) is 6.13. The lowest BCUT2D eigenvalue weighted by molar-refractivity contribution is 0.0496. The molecular formula is C20H24N6. The molecule has 0 unspecified atom stereocenters. The van der Waals surface area contributed by atoms with Gasteiger partial charge in [0, 0.05) is 31.7 Å². The van der Waals surface area contributed by atoms with Crippen LogP contribution in [0.25, 0.3) is 11.0 Å². The number of nitrogens with one attached hydrogen (secondary N) is 1. The number of H-pyrrole nitrogens is 1. The van der Waals surface area contributed by atoms with Crippen molar-refractivity contribution in [2.75, 3.05) is 31.1 Å². The molecule has 134 valence electrons. The first kappa shape index (κ1) is 15.8. The van der Waals surface area contributed by atoms with E-state index >= 15 is 0 Å². The highest BCUT2D eigenvalue weighted by Crippen LogP contribution is 2.42. The smallest absolute Gasteiger partial charge is 0.147 e. The predicted octanol–water partition coefficient (Wildman–Crippen LogP) is 2.73. The summed E-state index contributed by atoms with van der Waals surface area (Å²) in [6, 6.07) is 8.07. The largest absolute Gasteiger partial charge is 0.355 e. The van der Waals surface area contributed by atoms with Gasteiger partial charge in [0.15, 0.2) is 0 Å². The van der Waals surface area contributed by atoms with E-state index in [0.29, 0.717) is 0 Å². The zero-order valence-corrected chi connectivity index (χ0v) is 15.1. The van der Waals surface area contributed by atoms with E-state index in [0.717, 1.165) is 62.3 Å². The van der Waals surface area contributed by atoms with Crippen LogP contribution in [0, 0.1) is 0 Å². The van der Waals surface area contributed by atoms with E-state index in [9.17, 15) is 0 Å². The highest BCUT2D eigenvalue weighted by atomic mass is 15.3. The Morgan fingerprint density at radius 2 is 1.88 bits per heavy atom. The van der Waals surface area contributed by atoms with E-state index in [1.807, 2.05) is 36.8 Å². The summed E-state index contributed by atoms with van der Waals surface area (Å²) < 4.78 is 0. The lowest BCUT2D eigenvalue weighted by Crippen LogP contribution is -2.56. The molecular weight excluding hydrogens is 324 g/mol. The second-order valence-electron chi connectivity index (χ2n) is 7.29. The summed E-state index contributed by atoms with van der Waals surface area (Å²) in [5.41, 5.74) is 4.59. The standard InChI is InChI=1S/C20H24N6/c1-2-26-10-7-17-19(23-14-22-17)20(26)8-11-25(12-9-20)18-13-21-15-5-3-4-6-16(15)24-18/h3-6,13-14H,2,7-12H2,1H3,(H,22,23). The number of aromatic amines is 1. The molecule has 26 heavy (non-hydrogen) atoms. The number of likely N-dealkylation sites (N-methyl/N-ethyl adjacent to an activating group) is 1. The summed E-state index contributed by atoms with van der Waals surface area (Å²) >= 11 is 0. The monoisotopic (exact) mass is 348 g/mol. The molecule has 0 aliphatic carbocycles. The number of hydrogen-bond acceptors (Lipinski definition) is 5. The van der Waals surface area contributed by atoms with Crippen molar-refractivity contribution in [3.63, 3.8) is 0 Å². The average molecular weight is 348 g/mol. The number of fused-ring (bicyclic) bond motifs is 3. The van der Waals surface area contributed by atoms with Gasteiger partial charge in [0.25, 0.3) is 0 Å². The highest BCUT2D eigenvalue weighted by Gasteiger charge is 2.46.